The zero-order valence-corrected chi connectivity index (χ0v) is 25.1. The van der Waals surface area contributed by atoms with Gasteiger partial charge in [-0.15, -0.1) is 0 Å². The van der Waals surface area contributed by atoms with E-state index in [2.05, 4.69) is 58.3 Å². The molecule has 0 saturated carbocycles. The van der Waals surface area contributed by atoms with Crippen LogP contribution in [0.4, 0.5) is 10.5 Å². The molecule has 6 nitrogen and oxygen atoms in total. The highest BCUT2D eigenvalue weighted by Crippen LogP contribution is 2.30. The number of carbonyl (C=O) groups excluding carboxylic acids is 1. The summed E-state index contributed by atoms with van der Waals surface area (Å²) < 4.78 is 5.97. The quantitative estimate of drug-likeness (QED) is 0.195. The Morgan fingerprint density at radius 3 is 2.32 bits per heavy atom. The van der Waals surface area contributed by atoms with Gasteiger partial charge >= 0.3 is 6.09 Å². The first kappa shape index (κ1) is 30.7. The molecule has 1 amide bonds. The summed E-state index contributed by atoms with van der Waals surface area (Å²) in [6.07, 6.45) is 12.0. The number of hydrogen-bond donors (Lipinski definition) is 1. The SMILES string of the molecule is CN(CCCCCCCCN1CCC(C)(OC(=O)Nc2ccccc2-c2ccccc2)CC1)CCc1ccccn1. The molecule has 0 spiro atoms. The van der Waals surface area contributed by atoms with E-state index in [9.17, 15) is 4.79 Å². The van der Waals surface area contributed by atoms with E-state index in [4.69, 9.17) is 4.74 Å². The Morgan fingerprint density at radius 1 is 0.878 bits per heavy atom. The van der Waals surface area contributed by atoms with E-state index in [1.807, 2.05) is 54.7 Å². The molecule has 0 bridgehead atoms. The van der Waals surface area contributed by atoms with Crippen molar-refractivity contribution in [1.29, 1.82) is 0 Å². The molecule has 2 heterocycles. The van der Waals surface area contributed by atoms with Gasteiger partial charge in [-0.3, -0.25) is 10.3 Å². The van der Waals surface area contributed by atoms with E-state index in [0.29, 0.717) is 0 Å². The Morgan fingerprint density at radius 2 is 1.56 bits per heavy atom. The number of pyridine rings is 1. The van der Waals surface area contributed by atoms with Crippen molar-refractivity contribution in [2.45, 2.75) is 70.3 Å². The summed E-state index contributed by atoms with van der Waals surface area (Å²) in [7, 11) is 2.22. The lowest BCUT2D eigenvalue weighted by atomic mass is 9.93. The summed E-state index contributed by atoms with van der Waals surface area (Å²) in [5, 5.41) is 2.99. The molecule has 0 atom stereocenters. The number of benzene rings is 2. The number of nitrogens with zero attached hydrogens (tertiary/aromatic N) is 3. The van der Waals surface area contributed by atoms with Gasteiger partial charge in [0.05, 0.1) is 5.69 Å². The van der Waals surface area contributed by atoms with Gasteiger partial charge in [0.15, 0.2) is 0 Å². The Balaban J connectivity index is 1.05. The second kappa shape index (κ2) is 16.3. The summed E-state index contributed by atoms with van der Waals surface area (Å²) in [5.41, 5.74) is 3.60. The molecule has 6 heteroatoms. The lowest BCUT2D eigenvalue weighted by Crippen LogP contribution is -2.46. The van der Waals surface area contributed by atoms with E-state index < -0.39 is 5.60 Å². The van der Waals surface area contributed by atoms with Gasteiger partial charge in [0.1, 0.15) is 5.60 Å². The van der Waals surface area contributed by atoms with Crippen molar-refractivity contribution in [2.24, 2.45) is 0 Å². The molecule has 41 heavy (non-hydrogen) atoms. The minimum absolute atomic E-state index is 0.372. The molecule has 220 valence electrons. The number of nitrogens with one attached hydrogen (secondary N) is 1. The topological polar surface area (TPSA) is 57.7 Å². The Hall–Kier alpha value is -3.22. The summed E-state index contributed by atoms with van der Waals surface area (Å²) in [6.45, 7) is 7.42. The Bertz CT molecular complexity index is 1160. The summed E-state index contributed by atoms with van der Waals surface area (Å²) in [4.78, 5) is 22.2. The number of anilines is 1. The molecule has 4 rings (SSSR count). The van der Waals surface area contributed by atoms with Crippen LogP contribution in [0.25, 0.3) is 11.1 Å². The number of likely N-dealkylation sites (tertiary alicyclic amines) is 1. The van der Waals surface area contributed by atoms with Crippen molar-refractivity contribution in [3.63, 3.8) is 0 Å². The lowest BCUT2D eigenvalue weighted by Gasteiger charge is -2.38. The molecule has 0 unspecified atom stereocenters. The van der Waals surface area contributed by atoms with Gasteiger partial charge in [-0.25, -0.2) is 4.79 Å². The molecule has 1 aromatic heterocycles. The van der Waals surface area contributed by atoms with Crippen molar-refractivity contribution < 1.29 is 9.53 Å². The summed E-state index contributed by atoms with van der Waals surface area (Å²) >= 11 is 0. The number of unbranched alkanes of at least 4 members (excludes halogenated alkanes) is 5. The third-order valence-electron chi connectivity index (χ3n) is 8.24. The van der Waals surface area contributed by atoms with Gasteiger partial charge in [0.25, 0.3) is 0 Å². The third-order valence-corrected chi connectivity index (χ3v) is 8.24. The first-order chi connectivity index (χ1) is 20.0. The van der Waals surface area contributed by atoms with Crippen LogP contribution in [0.2, 0.25) is 0 Å². The molecule has 0 aliphatic carbocycles. The fourth-order valence-corrected chi connectivity index (χ4v) is 5.56. The van der Waals surface area contributed by atoms with Gasteiger partial charge in [0, 0.05) is 43.5 Å². The minimum atomic E-state index is -0.424. The van der Waals surface area contributed by atoms with E-state index in [-0.39, 0.29) is 6.09 Å². The fraction of sp³-hybridized carbons (Fsp3) is 0.486. The normalized spacial score (nSPS) is 15.1. The van der Waals surface area contributed by atoms with Crippen molar-refractivity contribution in [3.8, 4) is 11.1 Å². The molecule has 1 fully saturated rings. The van der Waals surface area contributed by atoms with E-state index in [1.165, 1.54) is 50.8 Å². The van der Waals surface area contributed by atoms with Crippen LogP contribution in [-0.2, 0) is 11.2 Å². The second-order valence-corrected chi connectivity index (χ2v) is 11.7. The third kappa shape index (κ3) is 10.6. The summed E-state index contributed by atoms with van der Waals surface area (Å²) in [6, 6.07) is 24.1. The van der Waals surface area contributed by atoms with Crippen LogP contribution in [-0.4, -0.2) is 66.2 Å². The van der Waals surface area contributed by atoms with Crippen LogP contribution in [0.5, 0.6) is 0 Å². The van der Waals surface area contributed by atoms with Crippen LogP contribution < -0.4 is 5.32 Å². The molecular formula is C35H48N4O2. The van der Waals surface area contributed by atoms with Gasteiger partial charge in [-0.05, 0) is 76.5 Å². The van der Waals surface area contributed by atoms with Crippen LogP contribution in [0, 0.1) is 0 Å². The molecule has 1 saturated heterocycles. The maximum atomic E-state index is 12.8. The molecule has 3 aromatic rings. The fourth-order valence-electron chi connectivity index (χ4n) is 5.56. The van der Waals surface area contributed by atoms with Crippen molar-refractivity contribution in [2.75, 3.05) is 45.1 Å². The highest BCUT2D eigenvalue weighted by molar-refractivity contribution is 5.91. The number of piperidine rings is 1. The zero-order valence-electron chi connectivity index (χ0n) is 25.1. The number of likely N-dealkylation sites (N-methyl/N-ethyl adjacent to an activating group) is 1. The van der Waals surface area contributed by atoms with E-state index >= 15 is 0 Å². The highest BCUT2D eigenvalue weighted by atomic mass is 16.6. The number of hydrogen-bond acceptors (Lipinski definition) is 5. The van der Waals surface area contributed by atoms with Crippen molar-refractivity contribution >= 4 is 11.8 Å². The average molecular weight is 557 g/mol. The number of para-hydroxylation sites is 1. The number of carbonyl (C=O) groups is 1. The smallest absolute Gasteiger partial charge is 0.412 e. The average Bonchev–Trinajstić information content (AvgIpc) is 2.99. The first-order valence-corrected chi connectivity index (χ1v) is 15.5. The maximum Gasteiger partial charge on any atom is 0.412 e. The lowest BCUT2D eigenvalue weighted by molar-refractivity contribution is -0.0163. The van der Waals surface area contributed by atoms with Crippen LogP contribution in [0.1, 0.15) is 64.0 Å². The largest absolute Gasteiger partial charge is 0.443 e. The Labute approximate surface area is 247 Å². The number of rotatable bonds is 15. The van der Waals surface area contributed by atoms with Gasteiger partial charge in [0.2, 0.25) is 0 Å². The second-order valence-electron chi connectivity index (χ2n) is 11.7. The first-order valence-electron chi connectivity index (χ1n) is 15.5. The van der Waals surface area contributed by atoms with Crippen LogP contribution in [0.3, 0.4) is 0 Å². The van der Waals surface area contributed by atoms with Crippen molar-refractivity contribution in [1.82, 2.24) is 14.8 Å². The number of aromatic nitrogens is 1. The maximum absolute atomic E-state index is 12.8. The molecule has 0 radical (unpaired) electrons. The van der Waals surface area contributed by atoms with E-state index in [1.54, 1.807) is 0 Å². The Kier molecular flexibility index (Phi) is 12.2. The summed E-state index contributed by atoms with van der Waals surface area (Å²) in [5.74, 6) is 0. The molecular weight excluding hydrogens is 508 g/mol. The standard InChI is InChI=1S/C35H48N4O2/c1-35(41-34(40)37-33-20-11-10-19-32(33)30-16-8-7-9-17-30)22-28-39(29-23-35)26-15-6-4-3-5-14-25-38(2)27-21-31-18-12-13-24-36-31/h7-13,16-20,24H,3-6,14-15,21-23,25-29H2,1-2H3,(H,37,40). The predicted octanol–water partition coefficient (Wildman–Crippen LogP) is 7.67. The molecule has 1 aliphatic rings. The zero-order chi connectivity index (χ0) is 28.8. The van der Waals surface area contributed by atoms with Crippen molar-refractivity contribution in [3.05, 3.63) is 84.7 Å². The minimum Gasteiger partial charge on any atom is -0.443 e. The highest BCUT2D eigenvalue weighted by Gasteiger charge is 2.33. The van der Waals surface area contributed by atoms with Gasteiger partial charge in [-0.1, -0.05) is 80.3 Å². The van der Waals surface area contributed by atoms with Crippen LogP contribution >= 0.6 is 0 Å². The predicted molar refractivity (Wildman–Crippen MR) is 169 cm³/mol. The van der Waals surface area contributed by atoms with Crippen LogP contribution in [0.15, 0.2) is 79.0 Å². The van der Waals surface area contributed by atoms with Gasteiger partial charge < -0.3 is 14.5 Å². The molecule has 2 aromatic carbocycles. The van der Waals surface area contributed by atoms with Gasteiger partial charge in [-0.2, -0.15) is 0 Å². The van der Waals surface area contributed by atoms with E-state index in [0.717, 1.165) is 62.3 Å². The molecule has 1 aliphatic heterocycles. The number of ether oxygens (including phenoxy) is 1. The molecule has 1 N–H and O–H groups in total. The monoisotopic (exact) mass is 556 g/mol. The number of amides is 1.